The van der Waals surface area contributed by atoms with Crippen molar-refractivity contribution in [3.8, 4) is 0 Å². The van der Waals surface area contributed by atoms with Crippen LogP contribution in [0.15, 0.2) is 42.9 Å². The second kappa shape index (κ2) is 14.4. The van der Waals surface area contributed by atoms with Crippen molar-refractivity contribution in [2.75, 3.05) is 47.5 Å². The van der Waals surface area contributed by atoms with Crippen molar-refractivity contribution in [2.45, 2.75) is 82.6 Å². The first-order valence-corrected chi connectivity index (χ1v) is 16.7. The lowest BCUT2D eigenvalue weighted by Gasteiger charge is -2.36. The Hall–Kier alpha value is -3.82. The molecule has 1 unspecified atom stereocenters. The number of benzene rings is 1. The molecule has 0 amide bonds. The van der Waals surface area contributed by atoms with Gasteiger partial charge in [-0.25, -0.2) is 15.0 Å². The Bertz CT molecular complexity index is 1570. The Kier molecular flexibility index (Phi) is 10.4. The van der Waals surface area contributed by atoms with Crippen LogP contribution in [0.3, 0.4) is 0 Å². The molecule has 6 rings (SSSR count). The van der Waals surface area contributed by atoms with E-state index in [1.807, 2.05) is 9.80 Å². The van der Waals surface area contributed by atoms with Crippen molar-refractivity contribution in [1.29, 1.82) is 0 Å². The minimum absolute atomic E-state index is 0.0368. The highest BCUT2D eigenvalue weighted by Crippen LogP contribution is 2.40. The molecule has 0 N–H and O–H groups in total. The summed E-state index contributed by atoms with van der Waals surface area (Å²) in [6, 6.07) is 2.26. The predicted molar refractivity (Wildman–Crippen MR) is 168 cm³/mol. The summed E-state index contributed by atoms with van der Waals surface area (Å²) in [6.07, 6.45) is -4.33. The Balaban J connectivity index is 1.42. The number of ether oxygens (including phenoxy) is 1. The van der Waals surface area contributed by atoms with Crippen molar-refractivity contribution in [2.24, 2.45) is 5.92 Å². The van der Waals surface area contributed by atoms with E-state index in [2.05, 4.69) is 15.0 Å². The average Bonchev–Trinajstić information content (AvgIpc) is 3.57. The molecule has 3 aromatic rings. The maximum atomic E-state index is 14.1. The molecule has 3 fully saturated rings. The van der Waals surface area contributed by atoms with Crippen molar-refractivity contribution in [3.05, 3.63) is 70.7 Å². The molecule has 3 aliphatic rings. The molecule has 7 nitrogen and oxygen atoms in total. The lowest BCUT2D eigenvalue weighted by atomic mass is 9.83. The normalized spacial score (nSPS) is 19.7. The van der Waals surface area contributed by atoms with Gasteiger partial charge >= 0.3 is 18.5 Å². The lowest BCUT2D eigenvalue weighted by Crippen LogP contribution is -2.38. The SMILES string of the molecule is FC(F)(F)c1cc(CN(Cc2cc(C(F)(F)F)cnc2N2CCCC2C2CCCCC2)c2ncc(N3CCOCC3)cn2)cc(C(F)(F)F)c1. The maximum absolute atomic E-state index is 14.1. The topological polar surface area (TPSA) is 57.6 Å². The highest BCUT2D eigenvalue weighted by Gasteiger charge is 2.39. The summed E-state index contributed by atoms with van der Waals surface area (Å²) < 4.78 is 130. The Morgan fingerprint density at radius 3 is 1.88 bits per heavy atom. The fourth-order valence-electron chi connectivity index (χ4n) is 7.29. The van der Waals surface area contributed by atoms with E-state index in [-0.39, 0.29) is 35.7 Å². The average molecular weight is 717 g/mol. The zero-order valence-electron chi connectivity index (χ0n) is 27.1. The summed E-state index contributed by atoms with van der Waals surface area (Å²) in [4.78, 5) is 18.4. The molecule has 0 radical (unpaired) electrons. The van der Waals surface area contributed by atoms with Crippen LogP contribution in [0.4, 0.5) is 57.0 Å². The molecule has 1 atom stereocenters. The number of alkyl halides is 9. The van der Waals surface area contributed by atoms with Gasteiger partial charge in [0.1, 0.15) is 5.82 Å². The van der Waals surface area contributed by atoms with Gasteiger partial charge in [0.2, 0.25) is 5.95 Å². The van der Waals surface area contributed by atoms with E-state index >= 15 is 0 Å². The fraction of sp³-hybridized carbons (Fsp3) is 0.559. The highest BCUT2D eigenvalue weighted by atomic mass is 19.4. The quantitative estimate of drug-likeness (QED) is 0.217. The van der Waals surface area contributed by atoms with E-state index in [1.165, 1.54) is 17.3 Å². The van der Waals surface area contributed by atoms with Crippen molar-refractivity contribution in [3.63, 3.8) is 0 Å². The van der Waals surface area contributed by atoms with Crippen LogP contribution < -0.4 is 14.7 Å². The summed E-state index contributed by atoms with van der Waals surface area (Å²) >= 11 is 0. The number of hydrogen-bond acceptors (Lipinski definition) is 7. The van der Waals surface area contributed by atoms with Gasteiger partial charge in [0.25, 0.3) is 0 Å². The van der Waals surface area contributed by atoms with Gasteiger partial charge in [0.05, 0.1) is 48.0 Å². The molecular formula is C34H37F9N6O. The van der Waals surface area contributed by atoms with Gasteiger partial charge in [-0.3, -0.25) is 0 Å². The number of halogens is 9. The van der Waals surface area contributed by atoms with Gasteiger partial charge < -0.3 is 19.4 Å². The largest absolute Gasteiger partial charge is 0.417 e. The Labute approximate surface area is 283 Å². The molecule has 0 bridgehead atoms. The van der Waals surface area contributed by atoms with E-state index in [0.29, 0.717) is 62.4 Å². The third-order valence-electron chi connectivity index (χ3n) is 9.70. The van der Waals surface area contributed by atoms with Crippen molar-refractivity contribution >= 4 is 17.5 Å². The number of rotatable bonds is 8. The Morgan fingerprint density at radius 2 is 1.28 bits per heavy atom. The molecule has 2 saturated heterocycles. The molecule has 2 aromatic heterocycles. The number of aromatic nitrogens is 3. The van der Waals surface area contributed by atoms with Gasteiger partial charge in [-0.05, 0) is 61.4 Å². The number of hydrogen-bond donors (Lipinski definition) is 0. The van der Waals surface area contributed by atoms with Gasteiger partial charge in [0.15, 0.2) is 0 Å². The molecule has 0 spiro atoms. The third-order valence-corrected chi connectivity index (χ3v) is 9.70. The molecular weight excluding hydrogens is 679 g/mol. The van der Waals surface area contributed by atoms with Gasteiger partial charge in [0, 0.05) is 50.5 Å². The van der Waals surface area contributed by atoms with E-state index in [1.54, 1.807) is 0 Å². The molecule has 1 aromatic carbocycles. The number of pyridine rings is 1. The molecule has 1 aliphatic carbocycles. The third kappa shape index (κ3) is 8.37. The summed E-state index contributed by atoms with van der Waals surface area (Å²) in [6.45, 7) is 1.66. The first-order valence-electron chi connectivity index (χ1n) is 16.7. The highest BCUT2D eigenvalue weighted by molar-refractivity contribution is 5.53. The molecule has 2 aliphatic heterocycles. The van der Waals surface area contributed by atoms with Crippen LogP contribution in [0, 0.1) is 5.92 Å². The number of nitrogens with zero attached hydrogens (tertiary/aromatic N) is 6. The van der Waals surface area contributed by atoms with Crippen LogP contribution in [-0.2, 0) is 36.4 Å². The molecule has 4 heterocycles. The minimum atomic E-state index is -5.08. The first-order chi connectivity index (χ1) is 23.7. The van der Waals surface area contributed by atoms with Crippen LogP contribution in [0.1, 0.15) is 72.8 Å². The predicted octanol–water partition coefficient (Wildman–Crippen LogP) is 8.52. The monoisotopic (exact) mass is 716 g/mol. The molecule has 16 heteroatoms. The van der Waals surface area contributed by atoms with E-state index in [9.17, 15) is 39.5 Å². The van der Waals surface area contributed by atoms with Gasteiger partial charge in [-0.15, -0.1) is 0 Å². The number of morpholine rings is 1. The molecule has 272 valence electrons. The van der Waals surface area contributed by atoms with E-state index < -0.39 is 41.8 Å². The minimum Gasteiger partial charge on any atom is -0.378 e. The zero-order valence-corrected chi connectivity index (χ0v) is 27.1. The van der Waals surface area contributed by atoms with Crippen LogP contribution >= 0.6 is 0 Å². The maximum Gasteiger partial charge on any atom is 0.417 e. The van der Waals surface area contributed by atoms with Crippen molar-refractivity contribution in [1.82, 2.24) is 15.0 Å². The van der Waals surface area contributed by atoms with Crippen LogP contribution in [-0.4, -0.2) is 53.8 Å². The second-order valence-electron chi connectivity index (χ2n) is 13.1. The van der Waals surface area contributed by atoms with Crippen LogP contribution in [0.25, 0.3) is 0 Å². The fourth-order valence-corrected chi connectivity index (χ4v) is 7.29. The van der Waals surface area contributed by atoms with E-state index in [4.69, 9.17) is 4.74 Å². The summed E-state index contributed by atoms with van der Waals surface area (Å²) in [7, 11) is 0. The van der Waals surface area contributed by atoms with Crippen LogP contribution in [0.2, 0.25) is 0 Å². The smallest absolute Gasteiger partial charge is 0.378 e. The zero-order chi connectivity index (χ0) is 35.7. The van der Waals surface area contributed by atoms with Gasteiger partial charge in [-0.1, -0.05) is 19.3 Å². The summed E-state index contributed by atoms with van der Waals surface area (Å²) in [5, 5.41) is 0. The Morgan fingerprint density at radius 1 is 0.660 bits per heavy atom. The van der Waals surface area contributed by atoms with Crippen molar-refractivity contribution < 1.29 is 44.3 Å². The summed E-state index contributed by atoms with van der Waals surface area (Å²) in [5.41, 5.74) is -3.66. The molecule has 1 saturated carbocycles. The van der Waals surface area contributed by atoms with E-state index in [0.717, 1.165) is 57.2 Å². The second-order valence-corrected chi connectivity index (χ2v) is 13.1. The summed E-state index contributed by atoms with van der Waals surface area (Å²) in [5.74, 6) is 0.559. The number of anilines is 3. The first kappa shape index (κ1) is 36.0. The molecule has 50 heavy (non-hydrogen) atoms. The lowest BCUT2D eigenvalue weighted by molar-refractivity contribution is -0.143. The van der Waals surface area contributed by atoms with Gasteiger partial charge in [-0.2, -0.15) is 39.5 Å². The standard InChI is InChI=1S/C34H37F9N6O/c35-32(36,37)25-13-22(14-26(16-25)33(38,39)40)20-48(31-45-18-28(19-46-31)47-9-11-50-12-10-47)21-24-15-27(34(41,42)43)17-44-30(24)49-8-4-7-29(49)23-5-2-1-3-6-23/h13-19,23,29H,1-12,20-21H2. The van der Waals surface area contributed by atoms with Crippen LogP contribution in [0.5, 0.6) is 0 Å².